The highest BCUT2D eigenvalue weighted by Crippen LogP contribution is 2.26. The van der Waals surface area contributed by atoms with Gasteiger partial charge in [0, 0.05) is 30.8 Å². The van der Waals surface area contributed by atoms with Gasteiger partial charge in [0.25, 0.3) is 11.6 Å². The number of anilines is 2. The van der Waals surface area contributed by atoms with Gasteiger partial charge in [-0.2, -0.15) is 0 Å². The average molecular weight is 411 g/mol. The molecule has 1 N–H and O–H groups in total. The summed E-state index contributed by atoms with van der Waals surface area (Å²) in [6, 6.07) is 11.5. The predicted octanol–water partition coefficient (Wildman–Crippen LogP) is 2.75. The lowest BCUT2D eigenvalue weighted by atomic mass is 10.1. The Kier molecular flexibility index (Phi) is 6.10. The molecule has 1 fully saturated rings. The van der Waals surface area contributed by atoms with E-state index >= 15 is 0 Å². The van der Waals surface area contributed by atoms with Gasteiger partial charge in [-0.05, 0) is 31.5 Å². The Morgan fingerprint density at radius 3 is 2.57 bits per heavy atom. The van der Waals surface area contributed by atoms with Crippen molar-refractivity contribution in [2.45, 2.75) is 20.3 Å². The molecule has 3 rings (SSSR count). The number of nitro groups is 1. The minimum Gasteiger partial charge on any atom is -0.455 e. The summed E-state index contributed by atoms with van der Waals surface area (Å²) in [6.45, 7) is 3.27. The van der Waals surface area contributed by atoms with Crippen LogP contribution >= 0.6 is 0 Å². The number of amides is 2. The largest absolute Gasteiger partial charge is 0.455 e. The van der Waals surface area contributed by atoms with Crippen LogP contribution in [0.5, 0.6) is 0 Å². The number of rotatable bonds is 6. The second-order valence-corrected chi connectivity index (χ2v) is 7.15. The van der Waals surface area contributed by atoms with Gasteiger partial charge in [-0.15, -0.1) is 0 Å². The molecular weight excluding hydrogens is 390 g/mol. The molecule has 1 aliphatic heterocycles. The first-order valence-corrected chi connectivity index (χ1v) is 9.33. The number of benzene rings is 2. The van der Waals surface area contributed by atoms with Crippen molar-refractivity contribution in [1.29, 1.82) is 0 Å². The smallest absolute Gasteiger partial charge is 0.311 e. The third-order valence-corrected chi connectivity index (χ3v) is 4.86. The quantitative estimate of drug-likeness (QED) is 0.443. The van der Waals surface area contributed by atoms with E-state index in [4.69, 9.17) is 4.74 Å². The summed E-state index contributed by atoms with van der Waals surface area (Å²) in [5.41, 5.74) is 2.52. The predicted molar refractivity (Wildman–Crippen MR) is 109 cm³/mol. The van der Waals surface area contributed by atoms with Gasteiger partial charge in [-0.1, -0.05) is 23.8 Å². The van der Waals surface area contributed by atoms with Crippen molar-refractivity contribution >= 4 is 34.8 Å². The molecule has 156 valence electrons. The highest BCUT2D eigenvalue weighted by atomic mass is 16.6. The summed E-state index contributed by atoms with van der Waals surface area (Å²) in [4.78, 5) is 48.5. The Bertz CT molecular complexity index is 1000. The van der Waals surface area contributed by atoms with Crippen molar-refractivity contribution in [3.05, 3.63) is 63.7 Å². The number of hydrogen-bond acceptors (Lipinski definition) is 6. The van der Waals surface area contributed by atoms with Gasteiger partial charge in [0.05, 0.1) is 16.5 Å². The highest BCUT2D eigenvalue weighted by molar-refractivity contribution is 6.00. The first-order valence-electron chi connectivity index (χ1n) is 9.33. The van der Waals surface area contributed by atoms with Crippen LogP contribution in [-0.4, -0.2) is 35.9 Å². The van der Waals surface area contributed by atoms with Crippen LogP contribution < -0.4 is 10.2 Å². The summed E-state index contributed by atoms with van der Waals surface area (Å²) >= 11 is 0. The summed E-state index contributed by atoms with van der Waals surface area (Å²) in [5.74, 6) is -2.10. The first-order chi connectivity index (χ1) is 14.2. The standard InChI is InChI=1S/C21H21N3O6/c1-13-3-6-16(7-4-13)23-11-15(9-20(23)26)21(27)30-12-19(25)22-18-10-17(24(28)29)8-5-14(18)2/h3-8,10,15H,9,11-12H2,1-2H3,(H,22,25)/t15-/m0/s1. The zero-order valence-corrected chi connectivity index (χ0v) is 16.6. The fraction of sp³-hybridized carbons (Fsp3) is 0.286. The number of non-ortho nitro benzene ring substituents is 1. The number of hydrogen-bond donors (Lipinski definition) is 1. The van der Waals surface area contributed by atoms with Crippen LogP contribution in [0.1, 0.15) is 17.5 Å². The molecule has 0 bridgehead atoms. The van der Waals surface area contributed by atoms with E-state index in [0.717, 1.165) is 5.56 Å². The SMILES string of the molecule is Cc1ccc(N2C[C@@H](C(=O)OCC(=O)Nc3cc([N+](=O)[O-])ccc3C)CC2=O)cc1. The third-order valence-electron chi connectivity index (χ3n) is 4.86. The van der Waals surface area contributed by atoms with Gasteiger partial charge in [0.1, 0.15) is 0 Å². The van der Waals surface area contributed by atoms with Crippen LogP contribution in [0.15, 0.2) is 42.5 Å². The number of aryl methyl sites for hydroxylation is 2. The molecule has 30 heavy (non-hydrogen) atoms. The van der Waals surface area contributed by atoms with Gasteiger partial charge < -0.3 is 15.0 Å². The van der Waals surface area contributed by atoms with E-state index in [1.54, 1.807) is 6.92 Å². The summed E-state index contributed by atoms with van der Waals surface area (Å²) in [7, 11) is 0. The Labute approximate surface area is 172 Å². The van der Waals surface area contributed by atoms with Gasteiger partial charge in [0.15, 0.2) is 6.61 Å². The molecule has 0 saturated carbocycles. The topological polar surface area (TPSA) is 119 Å². The van der Waals surface area contributed by atoms with Crippen molar-refractivity contribution in [1.82, 2.24) is 0 Å². The zero-order valence-electron chi connectivity index (χ0n) is 16.6. The number of nitrogens with zero attached hydrogens (tertiary/aromatic N) is 2. The van der Waals surface area contributed by atoms with Gasteiger partial charge in [-0.3, -0.25) is 24.5 Å². The molecule has 9 nitrogen and oxygen atoms in total. The monoisotopic (exact) mass is 411 g/mol. The minimum atomic E-state index is -0.661. The third kappa shape index (κ3) is 4.80. The number of nitro benzene ring substituents is 1. The van der Waals surface area contributed by atoms with Gasteiger partial charge >= 0.3 is 5.97 Å². The van der Waals surface area contributed by atoms with Crippen LogP contribution in [0.3, 0.4) is 0 Å². The number of esters is 1. The van der Waals surface area contributed by atoms with Crippen molar-refractivity contribution in [3.63, 3.8) is 0 Å². The fourth-order valence-electron chi connectivity index (χ4n) is 3.14. The minimum absolute atomic E-state index is 0.0122. The van der Waals surface area contributed by atoms with E-state index in [1.165, 1.54) is 23.1 Å². The molecule has 2 aromatic rings. The van der Waals surface area contributed by atoms with Crippen molar-refractivity contribution in [3.8, 4) is 0 Å². The molecule has 2 aromatic carbocycles. The van der Waals surface area contributed by atoms with Crippen LogP contribution in [0.25, 0.3) is 0 Å². The maximum atomic E-state index is 12.3. The van der Waals surface area contributed by atoms with Crippen LogP contribution in [0.2, 0.25) is 0 Å². The molecule has 0 radical (unpaired) electrons. The molecule has 0 aromatic heterocycles. The van der Waals surface area contributed by atoms with E-state index in [0.29, 0.717) is 11.3 Å². The Morgan fingerprint density at radius 2 is 1.90 bits per heavy atom. The average Bonchev–Trinajstić information content (AvgIpc) is 3.10. The van der Waals surface area contributed by atoms with Crippen LogP contribution in [-0.2, 0) is 19.1 Å². The summed E-state index contributed by atoms with van der Waals surface area (Å²) in [5, 5.41) is 13.4. The normalized spacial score (nSPS) is 15.7. The van der Waals surface area contributed by atoms with Crippen molar-refractivity contribution < 1.29 is 24.0 Å². The molecule has 0 spiro atoms. The van der Waals surface area contributed by atoms with Gasteiger partial charge in [0.2, 0.25) is 5.91 Å². The van der Waals surface area contributed by atoms with E-state index in [9.17, 15) is 24.5 Å². The number of carbonyl (C=O) groups is 3. The van der Waals surface area contributed by atoms with E-state index in [2.05, 4.69) is 5.32 Å². The molecule has 1 atom stereocenters. The summed E-state index contributed by atoms with van der Waals surface area (Å²) < 4.78 is 5.07. The molecule has 9 heteroatoms. The molecule has 0 unspecified atom stereocenters. The first kappa shape index (κ1) is 21.0. The Hall–Kier alpha value is -3.75. The van der Waals surface area contributed by atoms with Crippen LogP contribution in [0.4, 0.5) is 17.1 Å². The summed E-state index contributed by atoms with van der Waals surface area (Å²) in [6.07, 6.45) is 0.0122. The number of ether oxygens (including phenoxy) is 1. The van der Waals surface area contributed by atoms with Crippen LogP contribution in [0, 0.1) is 29.9 Å². The number of nitrogens with one attached hydrogen (secondary N) is 1. The Balaban J connectivity index is 1.55. The maximum Gasteiger partial charge on any atom is 0.311 e. The Morgan fingerprint density at radius 1 is 1.20 bits per heavy atom. The van der Waals surface area contributed by atoms with E-state index in [-0.39, 0.29) is 30.2 Å². The molecule has 1 aliphatic rings. The lowest BCUT2D eigenvalue weighted by Gasteiger charge is -2.16. The number of carbonyl (C=O) groups excluding carboxylic acids is 3. The van der Waals surface area contributed by atoms with Crippen molar-refractivity contribution in [2.24, 2.45) is 5.92 Å². The second kappa shape index (κ2) is 8.73. The lowest BCUT2D eigenvalue weighted by Crippen LogP contribution is -2.28. The fourth-order valence-corrected chi connectivity index (χ4v) is 3.14. The van der Waals surface area contributed by atoms with Crippen molar-refractivity contribution in [2.75, 3.05) is 23.4 Å². The highest BCUT2D eigenvalue weighted by Gasteiger charge is 2.36. The second-order valence-electron chi connectivity index (χ2n) is 7.15. The lowest BCUT2D eigenvalue weighted by molar-refractivity contribution is -0.384. The molecule has 1 saturated heterocycles. The zero-order chi connectivity index (χ0) is 21.8. The van der Waals surface area contributed by atoms with Gasteiger partial charge in [-0.25, -0.2) is 0 Å². The van der Waals surface area contributed by atoms with E-state index in [1.807, 2.05) is 31.2 Å². The molecular formula is C21H21N3O6. The maximum absolute atomic E-state index is 12.3. The van der Waals surface area contributed by atoms with E-state index < -0.39 is 29.3 Å². The molecule has 1 heterocycles. The molecule has 2 amide bonds. The molecule has 0 aliphatic carbocycles.